The molecule has 1 aromatic carbocycles. The Morgan fingerprint density at radius 3 is 2.38 bits per heavy atom. The van der Waals surface area contributed by atoms with Gasteiger partial charge in [-0.2, -0.15) is 5.10 Å². The molecule has 1 amide bonds. The van der Waals surface area contributed by atoms with E-state index in [1.807, 2.05) is 0 Å². The van der Waals surface area contributed by atoms with Crippen LogP contribution in [-0.4, -0.2) is 21.5 Å². The van der Waals surface area contributed by atoms with Crippen LogP contribution < -0.4 is 5.32 Å². The number of carbonyl (C=O) groups excluding carboxylic acids is 2. The van der Waals surface area contributed by atoms with Crippen LogP contribution in [0.15, 0.2) is 24.3 Å². The molecule has 0 aliphatic heterocycles. The Labute approximate surface area is 121 Å². The van der Waals surface area contributed by atoms with E-state index in [4.69, 9.17) is 0 Å². The third kappa shape index (κ3) is 3.16. The number of hydrogen-bond donors (Lipinski definition) is 1. The van der Waals surface area contributed by atoms with Gasteiger partial charge in [-0.1, -0.05) is 12.1 Å². The van der Waals surface area contributed by atoms with Crippen LogP contribution in [0.1, 0.15) is 27.3 Å². The molecule has 1 heterocycles. The Bertz CT molecular complexity index is 690. The van der Waals surface area contributed by atoms with E-state index in [1.54, 1.807) is 37.7 Å². The van der Waals surface area contributed by atoms with Gasteiger partial charge >= 0.3 is 0 Å². The highest BCUT2D eigenvalue weighted by atomic mass is 19.1. The zero-order valence-corrected chi connectivity index (χ0v) is 12.1. The minimum atomic E-state index is -0.696. The highest BCUT2D eigenvalue weighted by molar-refractivity contribution is 6.43. The largest absolute Gasteiger partial charge is 0.345 e. The number of aromatic nitrogens is 2. The Morgan fingerprint density at radius 1 is 1.24 bits per heavy atom. The van der Waals surface area contributed by atoms with Gasteiger partial charge in [0.25, 0.3) is 11.7 Å². The van der Waals surface area contributed by atoms with E-state index >= 15 is 0 Å². The normalized spacial score (nSPS) is 10.5. The second kappa shape index (κ2) is 5.87. The van der Waals surface area contributed by atoms with Crippen molar-refractivity contribution in [2.45, 2.75) is 20.4 Å². The first kappa shape index (κ1) is 14.9. The van der Waals surface area contributed by atoms with Gasteiger partial charge in [0.05, 0.1) is 11.3 Å². The van der Waals surface area contributed by atoms with Crippen LogP contribution >= 0.6 is 0 Å². The molecule has 0 bridgehead atoms. The highest BCUT2D eigenvalue weighted by Crippen LogP contribution is 2.12. The number of nitrogens with zero attached hydrogens (tertiary/aromatic N) is 2. The van der Waals surface area contributed by atoms with Gasteiger partial charge in [0.15, 0.2) is 0 Å². The molecule has 0 saturated carbocycles. The highest BCUT2D eigenvalue weighted by Gasteiger charge is 2.23. The molecule has 0 saturated heterocycles. The first-order valence-electron chi connectivity index (χ1n) is 6.47. The number of aryl methyl sites for hydroxylation is 2. The quantitative estimate of drug-likeness (QED) is 0.688. The van der Waals surface area contributed by atoms with Crippen LogP contribution in [0.4, 0.5) is 4.39 Å². The first-order valence-corrected chi connectivity index (χ1v) is 6.47. The van der Waals surface area contributed by atoms with E-state index in [2.05, 4.69) is 10.4 Å². The van der Waals surface area contributed by atoms with Gasteiger partial charge in [0, 0.05) is 19.3 Å². The van der Waals surface area contributed by atoms with Crippen LogP contribution in [0.3, 0.4) is 0 Å². The van der Waals surface area contributed by atoms with Crippen molar-refractivity contribution < 1.29 is 14.0 Å². The maximum absolute atomic E-state index is 12.8. The van der Waals surface area contributed by atoms with Crippen molar-refractivity contribution in [2.75, 3.05) is 0 Å². The summed E-state index contributed by atoms with van der Waals surface area (Å²) in [6, 6.07) is 5.72. The third-order valence-electron chi connectivity index (χ3n) is 3.31. The Kier molecular flexibility index (Phi) is 4.16. The average molecular weight is 289 g/mol. The maximum atomic E-state index is 12.8. The van der Waals surface area contributed by atoms with Gasteiger partial charge in [-0.15, -0.1) is 0 Å². The number of halogens is 1. The number of amides is 1. The number of carbonyl (C=O) groups is 2. The average Bonchev–Trinajstić information content (AvgIpc) is 2.70. The van der Waals surface area contributed by atoms with Gasteiger partial charge in [0.1, 0.15) is 5.82 Å². The van der Waals surface area contributed by atoms with E-state index < -0.39 is 11.7 Å². The van der Waals surface area contributed by atoms with Crippen molar-refractivity contribution in [3.63, 3.8) is 0 Å². The van der Waals surface area contributed by atoms with E-state index in [0.717, 1.165) is 5.56 Å². The molecule has 2 aromatic rings. The summed E-state index contributed by atoms with van der Waals surface area (Å²) in [5, 5.41) is 6.65. The van der Waals surface area contributed by atoms with Crippen molar-refractivity contribution in [3.05, 3.63) is 52.6 Å². The number of ketones is 1. The van der Waals surface area contributed by atoms with Crippen molar-refractivity contribution >= 4 is 11.7 Å². The fraction of sp³-hybridized carbons (Fsp3) is 0.267. The lowest BCUT2D eigenvalue weighted by Gasteiger charge is -2.05. The Hall–Kier alpha value is -2.50. The summed E-state index contributed by atoms with van der Waals surface area (Å²) in [4.78, 5) is 24.1. The topological polar surface area (TPSA) is 64.0 Å². The molecule has 0 unspecified atom stereocenters. The van der Waals surface area contributed by atoms with Gasteiger partial charge in [-0.25, -0.2) is 4.39 Å². The second-order valence-corrected chi connectivity index (χ2v) is 4.81. The molecule has 21 heavy (non-hydrogen) atoms. The molecule has 0 aliphatic carbocycles. The molecular weight excluding hydrogens is 273 g/mol. The molecule has 1 N–H and O–H groups in total. The molecule has 6 heteroatoms. The lowest BCUT2D eigenvalue weighted by atomic mass is 10.1. The zero-order chi connectivity index (χ0) is 15.6. The minimum Gasteiger partial charge on any atom is -0.345 e. The fourth-order valence-electron chi connectivity index (χ4n) is 2.08. The standard InChI is InChI=1S/C15H16FN3O2/c1-9-13(10(2)19(3)18-9)14(20)15(21)17-8-11-4-6-12(16)7-5-11/h4-7H,8H2,1-3H3,(H,17,21). The van der Waals surface area contributed by atoms with Gasteiger partial charge < -0.3 is 5.32 Å². The number of hydrogen-bond acceptors (Lipinski definition) is 3. The molecule has 0 atom stereocenters. The lowest BCUT2D eigenvalue weighted by Crippen LogP contribution is -2.31. The molecule has 5 nitrogen and oxygen atoms in total. The van der Waals surface area contributed by atoms with E-state index in [0.29, 0.717) is 17.0 Å². The molecule has 0 spiro atoms. The van der Waals surface area contributed by atoms with Crippen molar-refractivity contribution in [3.8, 4) is 0 Å². The minimum absolute atomic E-state index is 0.170. The molecular formula is C15H16FN3O2. The summed E-state index contributed by atoms with van der Waals surface area (Å²) < 4.78 is 14.3. The van der Waals surface area contributed by atoms with Crippen LogP contribution in [0, 0.1) is 19.7 Å². The molecule has 2 rings (SSSR count). The summed E-state index contributed by atoms with van der Waals surface area (Å²) in [5.74, 6) is -1.65. The summed E-state index contributed by atoms with van der Waals surface area (Å²) in [6.07, 6.45) is 0. The SMILES string of the molecule is Cc1nn(C)c(C)c1C(=O)C(=O)NCc1ccc(F)cc1. The molecule has 0 radical (unpaired) electrons. The fourth-order valence-corrected chi connectivity index (χ4v) is 2.08. The predicted octanol–water partition coefficient (Wildman–Crippen LogP) is 1.68. The molecule has 110 valence electrons. The van der Waals surface area contributed by atoms with Crippen LogP contribution in [0.2, 0.25) is 0 Å². The summed E-state index contributed by atoms with van der Waals surface area (Å²) in [5.41, 5.74) is 2.22. The zero-order valence-electron chi connectivity index (χ0n) is 12.1. The van der Waals surface area contributed by atoms with Crippen LogP contribution in [0.25, 0.3) is 0 Å². The van der Waals surface area contributed by atoms with Gasteiger partial charge in [-0.3, -0.25) is 14.3 Å². The van der Waals surface area contributed by atoms with E-state index in [1.165, 1.54) is 12.1 Å². The number of benzene rings is 1. The second-order valence-electron chi connectivity index (χ2n) is 4.81. The van der Waals surface area contributed by atoms with E-state index in [9.17, 15) is 14.0 Å². The maximum Gasteiger partial charge on any atom is 0.292 e. The lowest BCUT2D eigenvalue weighted by molar-refractivity contribution is -0.117. The number of rotatable bonds is 4. The Balaban J connectivity index is 2.06. The summed E-state index contributed by atoms with van der Waals surface area (Å²) in [6.45, 7) is 3.59. The third-order valence-corrected chi connectivity index (χ3v) is 3.31. The van der Waals surface area contributed by atoms with Crippen LogP contribution in [0.5, 0.6) is 0 Å². The van der Waals surface area contributed by atoms with Gasteiger partial charge in [0.2, 0.25) is 0 Å². The van der Waals surface area contributed by atoms with Crippen molar-refractivity contribution in [1.82, 2.24) is 15.1 Å². The smallest absolute Gasteiger partial charge is 0.292 e. The van der Waals surface area contributed by atoms with Crippen LogP contribution in [-0.2, 0) is 18.4 Å². The monoisotopic (exact) mass is 289 g/mol. The van der Waals surface area contributed by atoms with E-state index in [-0.39, 0.29) is 12.4 Å². The van der Waals surface area contributed by atoms with Gasteiger partial charge in [-0.05, 0) is 31.5 Å². The molecule has 1 aromatic heterocycles. The first-order chi connectivity index (χ1) is 9.90. The summed E-state index contributed by atoms with van der Waals surface area (Å²) >= 11 is 0. The Morgan fingerprint density at radius 2 is 1.86 bits per heavy atom. The number of Topliss-reactive ketones (excluding diaryl/α,β-unsaturated/α-hetero) is 1. The molecule has 0 aliphatic rings. The van der Waals surface area contributed by atoms with Crippen molar-refractivity contribution in [1.29, 1.82) is 0 Å². The molecule has 0 fully saturated rings. The predicted molar refractivity (Wildman–Crippen MR) is 75.3 cm³/mol. The summed E-state index contributed by atoms with van der Waals surface area (Å²) in [7, 11) is 1.72. The van der Waals surface area contributed by atoms with Crippen molar-refractivity contribution in [2.24, 2.45) is 7.05 Å². The number of nitrogens with one attached hydrogen (secondary N) is 1.